The SMILES string of the molecule is CCCCCCC(=O)O.CCCCCCCC(=O)Oc1c(Br)cc(C#N)cc1Br. The van der Waals surface area contributed by atoms with Crippen molar-refractivity contribution >= 4 is 43.8 Å². The predicted molar refractivity (Wildman–Crippen MR) is 122 cm³/mol. The highest BCUT2D eigenvalue weighted by Crippen LogP contribution is 2.35. The molecule has 0 atom stereocenters. The van der Waals surface area contributed by atoms with Crippen LogP contribution in [0.5, 0.6) is 5.75 Å². The molecule has 1 rings (SSSR count). The maximum Gasteiger partial charge on any atom is 0.311 e. The first-order valence-electron chi connectivity index (χ1n) is 10.2. The molecule has 0 heterocycles. The lowest BCUT2D eigenvalue weighted by Gasteiger charge is -2.09. The van der Waals surface area contributed by atoms with Crippen LogP contribution in [0.4, 0.5) is 0 Å². The zero-order chi connectivity index (χ0) is 22.1. The van der Waals surface area contributed by atoms with Crippen LogP contribution in [0.3, 0.4) is 0 Å². The van der Waals surface area contributed by atoms with Crippen molar-refractivity contribution in [1.82, 2.24) is 0 Å². The largest absolute Gasteiger partial charge is 0.481 e. The van der Waals surface area contributed by atoms with E-state index in [9.17, 15) is 9.59 Å². The molecule has 7 heteroatoms. The van der Waals surface area contributed by atoms with Gasteiger partial charge in [0.2, 0.25) is 0 Å². The van der Waals surface area contributed by atoms with Crippen LogP contribution in [0.25, 0.3) is 0 Å². The van der Waals surface area contributed by atoms with Crippen LogP contribution in [-0.2, 0) is 9.59 Å². The molecular formula is C22H31Br2NO4. The van der Waals surface area contributed by atoms with Gasteiger partial charge in [0.1, 0.15) is 0 Å². The molecule has 0 spiro atoms. The Labute approximate surface area is 191 Å². The Balaban J connectivity index is 0.000000734. The van der Waals surface area contributed by atoms with Gasteiger partial charge in [0.15, 0.2) is 5.75 Å². The molecule has 0 saturated carbocycles. The highest BCUT2D eigenvalue weighted by Gasteiger charge is 2.13. The van der Waals surface area contributed by atoms with Gasteiger partial charge in [-0.3, -0.25) is 9.59 Å². The summed E-state index contributed by atoms with van der Waals surface area (Å²) in [5.74, 6) is -0.485. The third-order valence-corrected chi connectivity index (χ3v) is 5.25. The summed E-state index contributed by atoms with van der Waals surface area (Å²) in [4.78, 5) is 21.7. The van der Waals surface area contributed by atoms with Gasteiger partial charge in [-0.2, -0.15) is 5.26 Å². The number of rotatable bonds is 12. The summed E-state index contributed by atoms with van der Waals surface area (Å²) in [5, 5.41) is 17.1. The number of hydrogen-bond acceptors (Lipinski definition) is 4. The van der Waals surface area contributed by atoms with Crippen LogP contribution >= 0.6 is 31.9 Å². The Morgan fingerprint density at radius 3 is 1.90 bits per heavy atom. The number of nitrogens with zero attached hydrogens (tertiary/aromatic N) is 1. The van der Waals surface area contributed by atoms with Gasteiger partial charge in [-0.1, -0.05) is 58.8 Å². The van der Waals surface area contributed by atoms with Crippen molar-refractivity contribution in [3.05, 3.63) is 26.6 Å². The van der Waals surface area contributed by atoms with Crippen LogP contribution < -0.4 is 4.74 Å². The highest BCUT2D eigenvalue weighted by atomic mass is 79.9. The molecule has 5 nitrogen and oxygen atoms in total. The molecule has 0 radical (unpaired) electrons. The number of unbranched alkanes of at least 4 members (excludes halogenated alkanes) is 7. The van der Waals surface area contributed by atoms with E-state index in [1.54, 1.807) is 12.1 Å². The number of carbonyl (C=O) groups excluding carboxylic acids is 1. The van der Waals surface area contributed by atoms with Crippen molar-refractivity contribution in [1.29, 1.82) is 5.26 Å². The van der Waals surface area contributed by atoms with E-state index in [1.807, 2.05) is 6.07 Å². The minimum Gasteiger partial charge on any atom is -0.481 e. The summed E-state index contributed by atoms with van der Waals surface area (Å²) >= 11 is 6.62. The Hall–Kier alpha value is -1.39. The Morgan fingerprint density at radius 2 is 1.41 bits per heavy atom. The number of halogens is 2. The van der Waals surface area contributed by atoms with Gasteiger partial charge in [-0.25, -0.2) is 0 Å². The number of ether oxygens (including phenoxy) is 1. The summed E-state index contributed by atoms with van der Waals surface area (Å²) in [6.45, 7) is 4.27. The number of hydrogen-bond donors (Lipinski definition) is 1. The van der Waals surface area contributed by atoms with E-state index in [0.717, 1.165) is 38.5 Å². The Morgan fingerprint density at radius 1 is 0.931 bits per heavy atom. The van der Waals surface area contributed by atoms with Crippen LogP contribution in [0.1, 0.15) is 90.0 Å². The second-order valence-corrected chi connectivity index (χ2v) is 8.43. The molecule has 0 aliphatic carbocycles. The van der Waals surface area contributed by atoms with Gasteiger partial charge < -0.3 is 9.84 Å². The maximum atomic E-state index is 11.8. The second-order valence-electron chi connectivity index (χ2n) is 6.72. The third-order valence-electron chi connectivity index (χ3n) is 4.07. The molecule has 1 N–H and O–H groups in total. The van der Waals surface area contributed by atoms with Crippen LogP contribution in [0, 0.1) is 11.3 Å². The molecule has 0 aliphatic rings. The summed E-state index contributed by atoms with van der Waals surface area (Å²) in [7, 11) is 0. The van der Waals surface area contributed by atoms with Gasteiger partial charge in [-0.15, -0.1) is 0 Å². The third kappa shape index (κ3) is 14.3. The quantitative estimate of drug-likeness (QED) is 0.172. The number of benzene rings is 1. The summed E-state index contributed by atoms with van der Waals surface area (Å²) in [6.07, 6.45) is 10.4. The molecule has 0 aromatic heterocycles. The summed E-state index contributed by atoms with van der Waals surface area (Å²) in [5.41, 5.74) is 0.503. The number of carbonyl (C=O) groups is 2. The minimum atomic E-state index is -0.675. The summed E-state index contributed by atoms with van der Waals surface area (Å²) in [6, 6.07) is 5.31. The Bertz CT molecular complexity index is 648. The molecule has 0 fully saturated rings. The molecular weight excluding hydrogens is 502 g/mol. The number of nitriles is 1. The first-order chi connectivity index (χ1) is 13.8. The van der Waals surface area contributed by atoms with E-state index < -0.39 is 5.97 Å². The fraction of sp³-hybridized carbons (Fsp3) is 0.591. The molecule has 0 unspecified atom stereocenters. The minimum absolute atomic E-state index is 0.243. The Kier molecular flexibility index (Phi) is 16.6. The van der Waals surface area contributed by atoms with E-state index in [-0.39, 0.29) is 5.97 Å². The predicted octanol–water partition coefficient (Wildman–Crippen LogP) is 7.39. The maximum absolute atomic E-state index is 11.8. The second kappa shape index (κ2) is 17.5. The zero-order valence-corrected chi connectivity index (χ0v) is 20.5. The lowest BCUT2D eigenvalue weighted by Crippen LogP contribution is -2.08. The molecule has 162 valence electrons. The van der Waals surface area contributed by atoms with Crippen molar-refractivity contribution in [3.63, 3.8) is 0 Å². The normalized spacial score (nSPS) is 9.90. The van der Waals surface area contributed by atoms with Crippen molar-refractivity contribution in [2.75, 3.05) is 0 Å². The van der Waals surface area contributed by atoms with Crippen molar-refractivity contribution < 1.29 is 19.4 Å². The van der Waals surface area contributed by atoms with Crippen LogP contribution in [-0.4, -0.2) is 17.0 Å². The first-order valence-corrected chi connectivity index (χ1v) is 11.8. The van der Waals surface area contributed by atoms with Crippen molar-refractivity contribution in [3.8, 4) is 11.8 Å². The van der Waals surface area contributed by atoms with E-state index in [1.165, 1.54) is 19.3 Å². The van der Waals surface area contributed by atoms with Crippen molar-refractivity contribution in [2.45, 2.75) is 84.5 Å². The van der Waals surface area contributed by atoms with Gasteiger partial charge in [0, 0.05) is 12.8 Å². The molecule has 1 aromatic rings. The van der Waals surface area contributed by atoms with Crippen molar-refractivity contribution in [2.24, 2.45) is 0 Å². The number of esters is 1. The summed E-state index contributed by atoms with van der Waals surface area (Å²) < 4.78 is 6.54. The van der Waals surface area contributed by atoms with E-state index in [4.69, 9.17) is 15.1 Å². The highest BCUT2D eigenvalue weighted by molar-refractivity contribution is 9.11. The van der Waals surface area contributed by atoms with E-state index in [0.29, 0.717) is 33.1 Å². The molecule has 0 bridgehead atoms. The van der Waals surface area contributed by atoms with Gasteiger partial charge in [0.25, 0.3) is 0 Å². The average Bonchev–Trinajstić information content (AvgIpc) is 2.68. The monoisotopic (exact) mass is 531 g/mol. The van der Waals surface area contributed by atoms with Gasteiger partial charge in [-0.05, 0) is 56.8 Å². The molecule has 0 aliphatic heterocycles. The lowest BCUT2D eigenvalue weighted by atomic mass is 10.1. The number of aliphatic carboxylic acids is 1. The fourth-order valence-electron chi connectivity index (χ4n) is 2.46. The molecule has 29 heavy (non-hydrogen) atoms. The molecule has 0 saturated heterocycles. The fourth-order valence-corrected chi connectivity index (χ4v) is 3.81. The first kappa shape index (κ1) is 27.6. The molecule has 1 aromatic carbocycles. The molecule has 0 amide bonds. The van der Waals surface area contributed by atoms with Gasteiger partial charge >= 0.3 is 11.9 Å². The lowest BCUT2D eigenvalue weighted by molar-refractivity contribution is -0.137. The standard InChI is InChI=1S/C15H17Br2NO2.C7H14O2/c1-2-3-4-5-6-7-14(19)20-15-12(16)8-11(10-18)9-13(15)17;1-2-3-4-5-6-7(8)9/h8-9H,2-7H2,1H3;2-6H2,1H3,(H,8,9). The topological polar surface area (TPSA) is 87.4 Å². The van der Waals surface area contributed by atoms with Crippen LogP contribution in [0.2, 0.25) is 0 Å². The van der Waals surface area contributed by atoms with E-state index >= 15 is 0 Å². The van der Waals surface area contributed by atoms with E-state index in [2.05, 4.69) is 45.7 Å². The van der Waals surface area contributed by atoms with Gasteiger partial charge in [0.05, 0.1) is 20.6 Å². The smallest absolute Gasteiger partial charge is 0.311 e. The number of carboxylic acids is 1. The number of carboxylic acid groups (broad SMARTS) is 1. The zero-order valence-electron chi connectivity index (χ0n) is 17.3. The average molecular weight is 533 g/mol. The van der Waals surface area contributed by atoms with Crippen LogP contribution in [0.15, 0.2) is 21.1 Å².